The van der Waals surface area contributed by atoms with Crippen LogP contribution in [0.4, 0.5) is 5.00 Å². The van der Waals surface area contributed by atoms with E-state index in [0.717, 1.165) is 12.3 Å². The van der Waals surface area contributed by atoms with Gasteiger partial charge in [0.05, 0.1) is 5.56 Å². The van der Waals surface area contributed by atoms with Gasteiger partial charge in [0.1, 0.15) is 23.4 Å². The van der Waals surface area contributed by atoms with Crippen LogP contribution in [-0.2, 0) is 4.79 Å². The van der Waals surface area contributed by atoms with Crippen LogP contribution in [0.15, 0.2) is 41.8 Å². The summed E-state index contributed by atoms with van der Waals surface area (Å²) in [6.45, 7) is 1.95. The van der Waals surface area contributed by atoms with Gasteiger partial charge in [-0.15, -0.1) is 11.3 Å². The number of rotatable bonds is 8. The number of hydrogen-bond acceptors (Lipinski definition) is 5. The molecule has 1 aromatic carbocycles. The maximum Gasteiger partial charge on any atom is 0.226 e. The highest BCUT2D eigenvalue weighted by atomic mass is 32.1. The number of likely N-dealkylation sites (N-methyl/N-ethyl adjacent to an activating group) is 1. The van der Waals surface area contributed by atoms with Crippen molar-refractivity contribution < 1.29 is 9.53 Å². The van der Waals surface area contributed by atoms with Crippen molar-refractivity contribution in [3.8, 4) is 11.8 Å². The molecule has 23 heavy (non-hydrogen) atoms. The quantitative estimate of drug-likeness (QED) is 0.808. The van der Waals surface area contributed by atoms with Crippen LogP contribution in [0.2, 0.25) is 0 Å². The Hall–Kier alpha value is -2.36. The number of anilines is 1. The highest BCUT2D eigenvalue weighted by molar-refractivity contribution is 7.14. The van der Waals surface area contributed by atoms with Crippen LogP contribution in [-0.4, -0.2) is 37.6 Å². The van der Waals surface area contributed by atoms with Gasteiger partial charge in [-0.3, -0.25) is 4.79 Å². The third-order valence-corrected chi connectivity index (χ3v) is 4.07. The molecule has 5 nitrogen and oxygen atoms in total. The number of nitrogens with zero attached hydrogens (tertiary/aromatic N) is 2. The van der Waals surface area contributed by atoms with Crippen LogP contribution in [0, 0.1) is 11.3 Å². The lowest BCUT2D eigenvalue weighted by Gasteiger charge is -2.16. The fourth-order valence-corrected chi connectivity index (χ4v) is 2.68. The van der Waals surface area contributed by atoms with Crippen molar-refractivity contribution in [3.63, 3.8) is 0 Å². The van der Waals surface area contributed by atoms with Gasteiger partial charge >= 0.3 is 0 Å². The lowest BCUT2D eigenvalue weighted by Crippen LogP contribution is -2.28. The number of benzene rings is 1. The molecule has 1 amide bonds. The monoisotopic (exact) mass is 329 g/mol. The SMILES string of the molecule is CN(CCOc1ccccc1)CCC(=O)Nc1sccc1C#N. The average Bonchev–Trinajstić information content (AvgIpc) is 3.01. The molecule has 0 spiro atoms. The number of nitriles is 1. The van der Waals surface area contributed by atoms with Crippen molar-refractivity contribution in [1.29, 1.82) is 5.26 Å². The summed E-state index contributed by atoms with van der Waals surface area (Å²) in [6, 6.07) is 13.4. The van der Waals surface area contributed by atoms with E-state index < -0.39 is 0 Å². The Balaban J connectivity index is 1.65. The zero-order valence-corrected chi connectivity index (χ0v) is 13.8. The summed E-state index contributed by atoms with van der Waals surface area (Å²) in [5.74, 6) is 0.764. The normalized spacial score (nSPS) is 10.3. The summed E-state index contributed by atoms with van der Waals surface area (Å²) < 4.78 is 5.62. The van der Waals surface area contributed by atoms with E-state index in [9.17, 15) is 4.79 Å². The molecule has 0 saturated carbocycles. The lowest BCUT2D eigenvalue weighted by atomic mass is 10.3. The highest BCUT2D eigenvalue weighted by Crippen LogP contribution is 2.22. The number of para-hydroxylation sites is 1. The molecule has 0 fully saturated rings. The molecule has 0 aliphatic carbocycles. The highest BCUT2D eigenvalue weighted by Gasteiger charge is 2.09. The zero-order chi connectivity index (χ0) is 16.5. The van der Waals surface area contributed by atoms with Gasteiger partial charge in [-0.2, -0.15) is 5.26 Å². The van der Waals surface area contributed by atoms with Crippen LogP contribution < -0.4 is 10.1 Å². The molecule has 6 heteroatoms. The molecule has 0 aliphatic rings. The van der Waals surface area contributed by atoms with Crippen LogP contribution >= 0.6 is 11.3 Å². The average molecular weight is 329 g/mol. The van der Waals surface area contributed by atoms with Gasteiger partial charge in [0.2, 0.25) is 5.91 Å². The minimum atomic E-state index is -0.0835. The Labute approximate surface area is 140 Å². The summed E-state index contributed by atoms with van der Waals surface area (Å²) in [6.07, 6.45) is 0.380. The van der Waals surface area contributed by atoms with Crippen molar-refractivity contribution in [2.24, 2.45) is 0 Å². The maximum atomic E-state index is 11.9. The predicted octanol–water partition coefficient (Wildman–Crippen LogP) is 2.96. The first-order chi connectivity index (χ1) is 11.2. The predicted molar refractivity (Wildman–Crippen MR) is 91.7 cm³/mol. The first kappa shape index (κ1) is 17.0. The van der Waals surface area contributed by atoms with Gasteiger partial charge in [0.15, 0.2) is 0 Å². The summed E-state index contributed by atoms with van der Waals surface area (Å²) in [5, 5.41) is 14.1. The Morgan fingerprint density at radius 1 is 1.30 bits per heavy atom. The van der Waals surface area contributed by atoms with Gasteiger partial charge in [-0.1, -0.05) is 18.2 Å². The van der Waals surface area contributed by atoms with E-state index in [2.05, 4.69) is 11.4 Å². The maximum absolute atomic E-state index is 11.9. The molecule has 1 aromatic heterocycles. The topological polar surface area (TPSA) is 65.4 Å². The van der Waals surface area contributed by atoms with E-state index in [1.807, 2.05) is 42.3 Å². The molecule has 2 rings (SSSR count). The zero-order valence-electron chi connectivity index (χ0n) is 13.0. The molecule has 0 aliphatic heterocycles. The molecule has 2 aromatic rings. The first-order valence-electron chi connectivity index (χ1n) is 7.33. The second kappa shape index (κ2) is 8.93. The Morgan fingerprint density at radius 2 is 2.09 bits per heavy atom. The summed E-state index contributed by atoms with van der Waals surface area (Å²) in [5.41, 5.74) is 0.507. The second-order valence-corrected chi connectivity index (χ2v) is 5.95. The van der Waals surface area contributed by atoms with E-state index in [1.54, 1.807) is 11.4 Å². The number of hydrogen-bond donors (Lipinski definition) is 1. The van der Waals surface area contributed by atoms with E-state index in [4.69, 9.17) is 10.00 Å². The fourth-order valence-electron chi connectivity index (χ4n) is 1.92. The number of nitrogens with one attached hydrogen (secondary N) is 1. The Bertz CT molecular complexity index is 664. The molecule has 1 heterocycles. The van der Waals surface area contributed by atoms with E-state index in [-0.39, 0.29) is 5.91 Å². The third kappa shape index (κ3) is 5.74. The second-order valence-electron chi connectivity index (χ2n) is 5.04. The van der Waals surface area contributed by atoms with Crippen molar-refractivity contribution in [1.82, 2.24) is 4.90 Å². The Kier molecular flexibility index (Phi) is 6.60. The minimum absolute atomic E-state index is 0.0835. The molecule has 0 saturated heterocycles. The van der Waals surface area contributed by atoms with Crippen molar-refractivity contribution in [3.05, 3.63) is 47.3 Å². The largest absolute Gasteiger partial charge is 0.492 e. The summed E-state index contributed by atoms with van der Waals surface area (Å²) >= 11 is 1.36. The van der Waals surface area contributed by atoms with Crippen LogP contribution in [0.3, 0.4) is 0 Å². The fraction of sp³-hybridized carbons (Fsp3) is 0.294. The molecule has 1 N–H and O–H groups in total. The summed E-state index contributed by atoms with van der Waals surface area (Å²) in [7, 11) is 1.95. The van der Waals surface area contributed by atoms with E-state index >= 15 is 0 Å². The van der Waals surface area contributed by atoms with Gasteiger partial charge < -0.3 is 15.0 Å². The van der Waals surface area contributed by atoms with Crippen molar-refractivity contribution in [2.45, 2.75) is 6.42 Å². The van der Waals surface area contributed by atoms with E-state index in [0.29, 0.717) is 30.1 Å². The number of amides is 1. The number of carbonyl (C=O) groups is 1. The van der Waals surface area contributed by atoms with Crippen molar-refractivity contribution >= 4 is 22.2 Å². The lowest BCUT2D eigenvalue weighted by molar-refractivity contribution is -0.116. The first-order valence-corrected chi connectivity index (χ1v) is 8.21. The van der Waals surface area contributed by atoms with Gasteiger partial charge in [-0.05, 0) is 30.6 Å². The number of carbonyl (C=O) groups excluding carboxylic acids is 1. The molecule has 0 atom stereocenters. The van der Waals surface area contributed by atoms with Crippen LogP contribution in [0.1, 0.15) is 12.0 Å². The number of thiophene rings is 1. The van der Waals surface area contributed by atoms with Crippen LogP contribution in [0.25, 0.3) is 0 Å². The molecule has 0 bridgehead atoms. The standard InChI is InChI=1S/C17H19N3O2S/c1-20(10-11-22-15-5-3-2-4-6-15)9-7-16(21)19-17-14(13-18)8-12-23-17/h2-6,8,12H,7,9-11H2,1H3,(H,19,21). The minimum Gasteiger partial charge on any atom is -0.492 e. The molecule has 120 valence electrons. The van der Waals surface area contributed by atoms with Gasteiger partial charge in [0.25, 0.3) is 0 Å². The van der Waals surface area contributed by atoms with Gasteiger partial charge in [0, 0.05) is 19.5 Å². The molecule has 0 radical (unpaired) electrons. The number of ether oxygens (including phenoxy) is 1. The van der Waals surface area contributed by atoms with Crippen molar-refractivity contribution in [2.75, 3.05) is 32.1 Å². The molecular formula is C17H19N3O2S. The third-order valence-electron chi connectivity index (χ3n) is 3.24. The van der Waals surface area contributed by atoms with Crippen LogP contribution in [0.5, 0.6) is 5.75 Å². The van der Waals surface area contributed by atoms with E-state index in [1.165, 1.54) is 11.3 Å². The molecule has 0 unspecified atom stereocenters. The smallest absolute Gasteiger partial charge is 0.226 e. The molecular weight excluding hydrogens is 310 g/mol. The van der Waals surface area contributed by atoms with Gasteiger partial charge in [-0.25, -0.2) is 0 Å². The summed E-state index contributed by atoms with van der Waals surface area (Å²) in [4.78, 5) is 14.0. The Morgan fingerprint density at radius 3 is 2.83 bits per heavy atom.